The van der Waals surface area contributed by atoms with Crippen LogP contribution in [-0.4, -0.2) is 20.0 Å². The standard InChI is InChI=1S/C16H12Cl2N4O3S/c1-20-9-12(22(24)25)7-14(20)15(23)19-16-21(4-5-26-16)8-10-2-3-11(17)6-13(10)18/h2-7,9H,8H2,1H3. The Kier molecular flexibility index (Phi) is 5.26. The molecule has 0 N–H and O–H groups in total. The van der Waals surface area contributed by atoms with Gasteiger partial charge in [0, 0.05) is 34.7 Å². The number of hydrogen-bond acceptors (Lipinski definition) is 4. The van der Waals surface area contributed by atoms with E-state index in [4.69, 9.17) is 23.2 Å². The summed E-state index contributed by atoms with van der Waals surface area (Å²) in [6.07, 6.45) is 3.06. The lowest BCUT2D eigenvalue weighted by atomic mass is 10.2. The predicted octanol–water partition coefficient (Wildman–Crippen LogP) is 3.89. The fraction of sp³-hybridized carbons (Fsp3) is 0.125. The molecule has 0 aliphatic carbocycles. The molecule has 0 aliphatic rings. The molecule has 2 aromatic heterocycles. The molecule has 1 amide bonds. The third-order valence-electron chi connectivity index (χ3n) is 3.63. The van der Waals surface area contributed by atoms with Gasteiger partial charge in [0.05, 0.1) is 17.7 Å². The first-order chi connectivity index (χ1) is 12.3. The van der Waals surface area contributed by atoms with E-state index in [0.29, 0.717) is 21.4 Å². The zero-order valence-corrected chi connectivity index (χ0v) is 15.8. The summed E-state index contributed by atoms with van der Waals surface area (Å²) in [6.45, 7) is 0.416. The topological polar surface area (TPSA) is 82.4 Å². The van der Waals surface area contributed by atoms with Crippen molar-refractivity contribution in [1.82, 2.24) is 9.13 Å². The average molecular weight is 411 g/mol. The van der Waals surface area contributed by atoms with E-state index in [-0.39, 0.29) is 11.4 Å². The van der Waals surface area contributed by atoms with E-state index in [1.165, 1.54) is 28.2 Å². The lowest BCUT2D eigenvalue weighted by molar-refractivity contribution is -0.384. The Balaban J connectivity index is 1.92. The monoisotopic (exact) mass is 410 g/mol. The summed E-state index contributed by atoms with van der Waals surface area (Å²) in [6, 6.07) is 6.40. The van der Waals surface area contributed by atoms with E-state index in [9.17, 15) is 14.9 Å². The van der Waals surface area contributed by atoms with Gasteiger partial charge in [-0.15, -0.1) is 11.3 Å². The number of amides is 1. The molecule has 0 saturated carbocycles. The van der Waals surface area contributed by atoms with Crippen LogP contribution in [-0.2, 0) is 13.6 Å². The van der Waals surface area contributed by atoms with E-state index in [1.807, 2.05) is 6.07 Å². The molecule has 134 valence electrons. The highest BCUT2D eigenvalue weighted by Crippen LogP contribution is 2.21. The van der Waals surface area contributed by atoms with Crippen LogP contribution in [0, 0.1) is 10.1 Å². The van der Waals surface area contributed by atoms with Gasteiger partial charge in [0.2, 0.25) is 0 Å². The van der Waals surface area contributed by atoms with Gasteiger partial charge in [0.25, 0.3) is 11.6 Å². The molecule has 0 bridgehead atoms. The summed E-state index contributed by atoms with van der Waals surface area (Å²) in [4.78, 5) is 27.3. The average Bonchev–Trinajstić information content (AvgIpc) is 3.17. The van der Waals surface area contributed by atoms with Crippen LogP contribution >= 0.6 is 34.5 Å². The molecule has 0 fully saturated rings. The minimum atomic E-state index is -0.556. The predicted molar refractivity (Wildman–Crippen MR) is 99.8 cm³/mol. The summed E-state index contributed by atoms with van der Waals surface area (Å²) in [5.41, 5.74) is 0.817. The molecule has 0 aliphatic heterocycles. The van der Waals surface area contributed by atoms with Crippen molar-refractivity contribution in [3.63, 3.8) is 0 Å². The Bertz CT molecular complexity index is 1070. The third-order valence-corrected chi connectivity index (χ3v) is 5.01. The Morgan fingerprint density at radius 2 is 2.12 bits per heavy atom. The van der Waals surface area contributed by atoms with E-state index in [1.54, 1.807) is 35.3 Å². The van der Waals surface area contributed by atoms with Gasteiger partial charge < -0.3 is 9.13 Å². The molecule has 0 radical (unpaired) electrons. The summed E-state index contributed by atoms with van der Waals surface area (Å²) in [5, 5.41) is 13.7. The Morgan fingerprint density at radius 3 is 2.77 bits per heavy atom. The zero-order valence-electron chi connectivity index (χ0n) is 13.4. The summed E-state index contributed by atoms with van der Waals surface area (Å²) in [5.74, 6) is -0.556. The molecule has 0 saturated heterocycles. The molecular formula is C16H12Cl2N4O3S. The third kappa shape index (κ3) is 3.87. The number of nitrogens with zero attached hydrogens (tertiary/aromatic N) is 4. The lowest BCUT2D eigenvalue weighted by Gasteiger charge is -2.06. The second-order valence-corrected chi connectivity index (χ2v) is 7.13. The van der Waals surface area contributed by atoms with Gasteiger partial charge in [-0.05, 0) is 17.7 Å². The molecule has 0 unspecified atom stereocenters. The first kappa shape index (κ1) is 18.4. The van der Waals surface area contributed by atoms with Crippen molar-refractivity contribution < 1.29 is 9.72 Å². The highest BCUT2D eigenvalue weighted by molar-refractivity contribution is 7.07. The molecule has 0 spiro atoms. The summed E-state index contributed by atoms with van der Waals surface area (Å²) in [7, 11) is 1.56. The van der Waals surface area contributed by atoms with Crippen LogP contribution in [0.1, 0.15) is 16.1 Å². The molecule has 1 aromatic carbocycles. The Hall–Kier alpha value is -2.42. The van der Waals surface area contributed by atoms with Gasteiger partial charge in [-0.1, -0.05) is 29.3 Å². The number of hydrogen-bond donors (Lipinski definition) is 0. The number of carbonyl (C=O) groups is 1. The Labute approximate surface area is 161 Å². The zero-order chi connectivity index (χ0) is 18.8. The Morgan fingerprint density at radius 1 is 1.35 bits per heavy atom. The normalized spacial score (nSPS) is 11.7. The number of halogens is 2. The molecule has 3 rings (SSSR count). The van der Waals surface area contributed by atoms with Crippen LogP contribution in [0.4, 0.5) is 5.69 Å². The molecule has 3 aromatic rings. The van der Waals surface area contributed by atoms with E-state index in [0.717, 1.165) is 5.56 Å². The van der Waals surface area contributed by atoms with Gasteiger partial charge in [0.1, 0.15) is 5.69 Å². The minimum Gasteiger partial charge on any atom is -0.340 e. The quantitative estimate of drug-likeness (QED) is 0.482. The van der Waals surface area contributed by atoms with Crippen LogP contribution in [0.3, 0.4) is 0 Å². The number of aryl methyl sites for hydroxylation is 1. The smallest absolute Gasteiger partial charge is 0.296 e. The van der Waals surface area contributed by atoms with Gasteiger partial charge in [-0.3, -0.25) is 14.9 Å². The minimum absolute atomic E-state index is 0.140. The molecule has 7 nitrogen and oxygen atoms in total. The lowest BCUT2D eigenvalue weighted by Crippen LogP contribution is -2.18. The number of thiazole rings is 1. The van der Waals surface area contributed by atoms with Crippen molar-refractivity contribution in [2.45, 2.75) is 6.54 Å². The van der Waals surface area contributed by atoms with Crippen molar-refractivity contribution in [2.75, 3.05) is 0 Å². The molecule has 26 heavy (non-hydrogen) atoms. The van der Waals surface area contributed by atoms with Gasteiger partial charge in [0.15, 0.2) is 4.80 Å². The van der Waals surface area contributed by atoms with E-state index >= 15 is 0 Å². The largest absolute Gasteiger partial charge is 0.340 e. The van der Waals surface area contributed by atoms with Crippen molar-refractivity contribution in [2.24, 2.45) is 12.0 Å². The summed E-state index contributed by atoms with van der Waals surface area (Å²) < 4.78 is 3.16. The van der Waals surface area contributed by atoms with Crippen LogP contribution in [0.15, 0.2) is 47.0 Å². The van der Waals surface area contributed by atoms with Crippen molar-refractivity contribution in [3.8, 4) is 0 Å². The molecule has 2 heterocycles. The maximum atomic E-state index is 12.4. The highest BCUT2D eigenvalue weighted by atomic mass is 35.5. The second kappa shape index (κ2) is 7.45. The first-order valence-corrected chi connectivity index (χ1v) is 8.96. The first-order valence-electron chi connectivity index (χ1n) is 7.33. The maximum absolute atomic E-state index is 12.4. The SMILES string of the molecule is Cn1cc([N+](=O)[O-])cc1C(=O)N=c1sccn1Cc1ccc(Cl)cc1Cl. The van der Waals surface area contributed by atoms with Gasteiger partial charge in [-0.2, -0.15) is 4.99 Å². The van der Waals surface area contributed by atoms with Gasteiger partial charge >= 0.3 is 0 Å². The molecular weight excluding hydrogens is 399 g/mol. The number of nitro groups is 1. The number of aromatic nitrogens is 2. The number of benzene rings is 1. The van der Waals surface area contributed by atoms with Crippen molar-refractivity contribution in [1.29, 1.82) is 0 Å². The van der Waals surface area contributed by atoms with Crippen LogP contribution < -0.4 is 4.80 Å². The molecule has 0 atom stereocenters. The van der Waals surface area contributed by atoms with Crippen LogP contribution in [0.2, 0.25) is 10.0 Å². The summed E-state index contributed by atoms with van der Waals surface area (Å²) >= 11 is 13.4. The molecule has 10 heteroatoms. The number of carbonyl (C=O) groups excluding carboxylic acids is 1. The van der Waals surface area contributed by atoms with Crippen molar-refractivity contribution >= 4 is 46.1 Å². The van der Waals surface area contributed by atoms with E-state index < -0.39 is 10.8 Å². The van der Waals surface area contributed by atoms with Gasteiger partial charge in [-0.25, -0.2) is 0 Å². The maximum Gasteiger partial charge on any atom is 0.296 e. The fourth-order valence-corrected chi connectivity index (χ4v) is 3.54. The highest BCUT2D eigenvalue weighted by Gasteiger charge is 2.17. The van der Waals surface area contributed by atoms with Crippen LogP contribution in [0.25, 0.3) is 0 Å². The fourth-order valence-electron chi connectivity index (χ4n) is 2.34. The van der Waals surface area contributed by atoms with Crippen molar-refractivity contribution in [3.05, 3.63) is 78.3 Å². The van der Waals surface area contributed by atoms with Crippen LogP contribution in [0.5, 0.6) is 0 Å². The second-order valence-electron chi connectivity index (χ2n) is 5.42. The number of rotatable bonds is 4. The van der Waals surface area contributed by atoms with E-state index in [2.05, 4.69) is 4.99 Å².